The number of hydrogen-bond donors (Lipinski definition) is 4. The first kappa shape index (κ1) is 18.7. The molecular formula is C19H29N5O2. The fourth-order valence-electron chi connectivity index (χ4n) is 3.43. The van der Waals surface area contributed by atoms with Crippen LogP contribution in [0.4, 0.5) is 5.82 Å². The first-order valence-electron chi connectivity index (χ1n) is 9.47. The summed E-state index contributed by atoms with van der Waals surface area (Å²) >= 11 is 0. The van der Waals surface area contributed by atoms with Crippen molar-refractivity contribution in [1.29, 1.82) is 0 Å². The molecule has 4 N–H and O–H groups in total. The molecule has 0 spiro atoms. The summed E-state index contributed by atoms with van der Waals surface area (Å²) in [6.45, 7) is 2.67. The van der Waals surface area contributed by atoms with E-state index in [-0.39, 0.29) is 11.8 Å². The van der Waals surface area contributed by atoms with Gasteiger partial charge in [0.2, 0.25) is 5.91 Å². The Morgan fingerprint density at radius 2 is 2.31 bits per heavy atom. The number of aromatic amines is 2. The summed E-state index contributed by atoms with van der Waals surface area (Å²) < 4.78 is 5.01. The van der Waals surface area contributed by atoms with Crippen molar-refractivity contribution in [3.63, 3.8) is 0 Å². The molecule has 26 heavy (non-hydrogen) atoms. The van der Waals surface area contributed by atoms with E-state index in [0.717, 1.165) is 56.7 Å². The molecule has 1 unspecified atom stereocenters. The molecule has 1 atom stereocenters. The lowest BCUT2D eigenvalue weighted by molar-refractivity contribution is -0.125. The lowest BCUT2D eigenvalue weighted by Gasteiger charge is -2.17. The molecule has 1 aliphatic heterocycles. The molecule has 7 nitrogen and oxygen atoms in total. The number of H-pyrrole nitrogens is 2. The van der Waals surface area contributed by atoms with Crippen LogP contribution < -0.4 is 10.6 Å². The minimum absolute atomic E-state index is 0.0509. The Kier molecular flexibility index (Phi) is 6.85. The summed E-state index contributed by atoms with van der Waals surface area (Å²) in [7, 11) is 1.65. The highest BCUT2D eigenvalue weighted by Gasteiger charge is 2.18. The number of ether oxygens (including phenoxy) is 1. The third-order valence-electron chi connectivity index (χ3n) is 4.91. The minimum atomic E-state index is 0.0509. The first-order chi connectivity index (χ1) is 12.8. The molecule has 2 aromatic rings. The zero-order valence-corrected chi connectivity index (χ0v) is 15.4. The van der Waals surface area contributed by atoms with E-state index in [0.29, 0.717) is 13.2 Å². The molecule has 7 heteroatoms. The van der Waals surface area contributed by atoms with Crippen LogP contribution in [-0.4, -0.2) is 48.9 Å². The quantitative estimate of drug-likeness (QED) is 0.632. The number of carbonyl (C=O) groups excluding carboxylic acids is 1. The van der Waals surface area contributed by atoms with Crippen molar-refractivity contribution < 1.29 is 9.53 Å². The maximum Gasteiger partial charge on any atom is 0.223 e. The number of hydrogen-bond acceptors (Lipinski definition) is 4. The van der Waals surface area contributed by atoms with Crippen molar-refractivity contribution in [1.82, 2.24) is 20.6 Å². The molecule has 0 bridgehead atoms. The molecule has 142 valence electrons. The van der Waals surface area contributed by atoms with Gasteiger partial charge in [0, 0.05) is 49.5 Å². The van der Waals surface area contributed by atoms with E-state index in [1.807, 2.05) is 12.4 Å². The molecule has 3 rings (SSSR count). The summed E-state index contributed by atoms with van der Waals surface area (Å²) in [4.78, 5) is 23.6. The topological polar surface area (TPSA) is 94.3 Å². The Morgan fingerprint density at radius 1 is 1.38 bits per heavy atom. The second-order valence-corrected chi connectivity index (χ2v) is 6.76. The SMILES string of the molecule is COCCNC(=O)C1CCCC/C=N\c2[nH]c3[nH]ccc3c2CNCC1. The Labute approximate surface area is 154 Å². The van der Waals surface area contributed by atoms with E-state index in [2.05, 4.69) is 31.7 Å². The van der Waals surface area contributed by atoms with Crippen LogP contribution in [-0.2, 0) is 16.1 Å². The third-order valence-corrected chi connectivity index (χ3v) is 4.91. The number of aromatic nitrogens is 2. The summed E-state index contributed by atoms with van der Waals surface area (Å²) in [5.74, 6) is 1.12. The molecule has 1 aliphatic rings. The van der Waals surface area contributed by atoms with Crippen LogP contribution in [0.3, 0.4) is 0 Å². The van der Waals surface area contributed by atoms with E-state index in [1.165, 1.54) is 10.9 Å². The normalized spacial score (nSPS) is 20.6. The van der Waals surface area contributed by atoms with E-state index in [9.17, 15) is 4.79 Å². The highest BCUT2D eigenvalue weighted by Crippen LogP contribution is 2.28. The van der Waals surface area contributed by atoms with Gasteiger partial charge in [0.15, 0.2) is 0 Å². The predicted molar refractivity (Wildman–Crippen MR) is 104 cm³/mol. The Morgan fingerprint density at radius 3 is 3.19 bits per heavy atom. The van der Waals surface area contributed by atoms with Gasteiger partial charge < -0.3 is 25.3 Å². The molecule has 0 fully saturated rings. The van der Waals surface area contributed by atoms with Crippen LogP contribution in [0.2, 0.25) is 0 Å². The Hall–Kier alpha value is -2.12. The maximum absolute atomic E-state index is 12.4. The van der Waals surface area contributed by atoms with Crippen molar-refractivity contribution in [3.8, 4) is 0 Å². The largest absolute Gasteiger partial charge is 0.383 e. The van der Waals surface area contributed by atoms with Crippen molar-refractivity contribution in [2.24, 2.45) is 10.9 Å². The molecule has 0 aliphatic carbocycles. The average molecular weight is 359 g/mol. The van der Waals surface area contributed by atoms with Gasteiger partial charge >= 0.3 is 0 Å². The predicted octanol–water partition coefficient (Wildman–Crippen LogP) is 2.63. The van der Waals surface area contributed by atoms with Gasteiger partial charge in [-0.25, -0.2) is 4.99 Å². The van der Waals surface area contributed by atoms with E-state index in [1.54, 1.807) is 7.11 Å². The third kappa shape index (κ3) is 4.74. The first-order valence-corrected chi connectivity index (χ1v) is 9.47. The number of nitrogens with zero attached hydrogens (tertiary/aromatic N) is 1. The summed E-state index contributed by atoms with van der Waals surface area (Å²) in [5.41, 5.74) is 2.19. The van der Waals surface area contributed by atoms with Crippen LogP contribution in [0.5, 0.6) is 0 Å². The number of nitrogens with one attached hydrogen (secondary N) is 4. The molecule has 1 amide bonds. The van der Waals surface area contributed by atoms with Gasteiger partial charge in [-0.15, -0.1) is 0 Å². The Balaban J connectivity index is 1.64. The lowest BCUT2D eigenvalue weighted by Crippen LogP contribution is -2.34. The second kappa shape index (κ2) is 9.54. The van der Waals surface area contributed by atoms with Crippen molar-refractivity contribution in [2.75, 3.05) is 26.8 Å². The number of amides is 1. The van der Waals surface area contributed by atoms with Crippen LogP contribution in [0, 0.1) is 5.92 Å². The molecule has 0 saturated heterocycles. The van der Waals surface area contributed by atoms with E-state index >= 15 is 0 Å². The van der Waals surface area contributed by atoms with Crippen molar-refractivity contribution in [2.45, 2.75) is 38.6 Å². The molecular weight excluding hydrogens is 330 g/mol. The summed E-state index contributed by atoms with van der Waals surface area (Å²) in [6, 6.07) is 2.08. The van der Waals surface area contributed by atoms with Gasteiger partial charge in [-0.3, -0.25) is 4.79 Å². The number of aliphatic imine (C=N–C) groups is 1. The van der Waals surface area contributed by atoms with Gasteiger partial charge in [-0.1, -0.05) is 6.42 Å². The van der Waals surface area contributed by atoms with Crippen LogP contribution >= 0.6 is 0 Å². The van der Waals surface area contributed by atoms with Gasteiger partial charge in [0.1, 0.15) is 11.5 Å². The van der Waals surface area contributed by atoms with Gasteiger partial charge in [-0.05, 0) is 38.3 Å². The zero-order valence-electron chi connectivity index (χ0n) is 15.4. The minimum Gasteiger partial charge on any atom is -0.383 e. The molecule has 3 heterocycles. The standard InChI is InChI=1S/C19H29N5O2/c1-26-12-11-23-19(25)14-5-3-2-4-8-21-18-16(13-20-9-6-14)15-7-10-22-17(15)24-18/h7-8,10,14,20,22,24H,2-6,9,11-13H2,1H3,(H,23,25)/b21-8-. The van der Waals surface area contributed by atoms with E-state index < -0.39 is 0 Å². The zero-order chi connectivity index (χ0) is 18.2. The van der Waals surface area contributed by atoms with Crippen molar-refractivity contribution >= 4 is 29.0 Å². The van der Waals surface area contributed by atoms with Crippen LogP contribution in [0.25, 0.3) is 11.0 Å². The smallest absolute Gasteiger partial charge is 0.223 e. The number of fused-ring (bicyclic) bond motifs is 3. The number of methoxy groups -OCH3 is 1. The molecule has 0 radical (unpaired) electrons. The fourth-order valence-corrected chi connectivity index (χ4v) is 3.43. The molecule has 2 aromatic heterocycles. The van der Waals surface area contributed by atoms with E-state index in [4.69, 9.17) is 4.74 Å². The second-order valence-electron chi connectivity index (χ2n) is 6.76. The van der Waals surface area contributed by atoms with Gasteiger partial charge in [0.05, 0.1) is 6.61 Å². The summed E-state index contributed by atoms with van der Waals surface area (Å²) in [6.07, 6.45) is 8.70. The average Bonchev–Trinajstić information content (AvgIpc) is 3.21. The fraction of sp³-hybridized carbons (Fsp3) is 0.579. The van der Waals surface area contributed by atoms with Crippen LogP contribution in [0.1, 0.15) is 37.7 Å². The van der Waals surface area contributed by atoms with Crippen molar-refractivity contribution in [3.05, 3.63) is 17.8 Å². The molecule has 0 aromatic carbocycles. The Bertz CT molecular complexity index is 733. The van der Waals surface area contributed by atoms with Crippen LogP contribution in [0.15, 0.2) is 17.3 Å². The number of rotatable bonds is 4. The highest BCUT2D eigenvalue weighted by atomic mass is 16.5. The number of carbonyl (C=O) groups is 1. The highest BCUT2D eigenvalue weighted by molar-refractivity contribution is 5.86. The van der Waals surface area contributed by atoms with Gasteiger partial charge in [0.25, 0.3) is 0 Å². The monoisotopic (exact) mass is 359 g/mol. The van der Waals surface area contributed by atoms with Gasteiger partial charge in [-0.2, -0.15) is 0 Å². The maximum atomic E-state index is 12.4. The molecule has 0 saturated carbocycles. The summed E-state index contributed by atoms with van der Waals surface area (Å²) in [5, 5.41) is 7.64. The lowest BCUT2D eigenvalue weighted by atomic mass is 9.96.